The predicted octanol–water partition coefficient (Wildman–Crippen LogP) is 2.97. The Kier molecular flexibility index (Phi) is 2.39. The highest BCUT2D eigenvalue weighted by atomic mass is 16.4. The third-order valence-corrected chi connectivity index (χ3v) is 3.41. The fraction of sp³-hybridized carbons (Fsp3) is 0.357. The molecule has 88 valence electrons. The highest BCUT2D eigenvalue weighted by molar-refractivity contribution is 5.63. The Bertz CT molecular complexity index is 557. The summed E-state index contributed by atoms with van der Waals surface area (Å²) < 4.78 is 5.52. The molecule has 0 saturated carbocycles. The smallest absolute Gasteiger partial charge is 0.292 e. The van der Waals surface area contributed by atoms with E-state index < -0.39 is 0 Å². The van der Waals surface area contributed by atoms with E-state index >= 15 is 0 Å². The summed E-state index contributed by atoms with van der Waals surface area (Å²) in [5, 5.41) is 0. The summed E-state index contributed by atoms with van der Waals surface area (Å²) in [6, 6.07) is 6.80. The van der Waals surface area contributed by atoms with E-state index in [0.717, 1.165) is 23.4 Å². The van der Waals surface area contributed by atoms with Gasteiger partial charge in [0.25, 0.3) is 6.01 Å². The number of hydrogen-bond donors (Lipinski definition) is 1. The SMILES string of the molecule is CCc1nc(N)oc1-c1ccc2c(c1)CCC2. The molecule has 17 heavy (non-hydrogen) atoms. The van der Waals surface area contributed by atoms with Crippen LogP contribution in [0.2, 0.25) is 0 Å². The molecule has 1 aliphatic rings. The molecule has 0 bridgehead atoms. The summed E-state index contributed by atoms with van der Waals surface area (Å²) in [6.07, 6.45) is 4.48. The average Bonchev–Trinajstić information content (AvgIpc) is 2.93. The van der Waals surface area contributed by atoms with Crippen molar-refractivity contribution >= 4 is 6.01 Å². The van der Waals surface area contributed by atoms with Crippen LogP contribution >= 0.6 is 0 Å². The molecule has 0 unspecified atom stereocenters. The Balaban J connectivity index is 2.08. The minimum absolute atomic E-state index is 0.261. The van der Waals surface area contributed by atoms with E-state index in [1.807, 2.05) is 0 Å². The summed E-state index contributed by atoms with van der Waals surface area (Å²) in [6.45, 7) is 2.06. The van der Waals surface area contributed by atoms with Crippen LogP contribution in [0.3, 0.4) is 0 Å². The molecule has 0 saturated heterocycles. The lowest BCUT2D eigenvalue weighted by molar-refractivity contribution is 0.593. The Morgan fingerprint density at radius 3 is 2.94 bits per heavy atom. The van der Waals surface area contributed by atoms with Gasteiger partial charge in [-0.1, -0.05) is 19.1 Å². The van der Waals surface area contributed by atoms with Crippen LogP contribution in [0.1, 0.15) is 30.2 Å². The second-order valence-electron chi connectivity index (χ2n) is 4.52. The molecule has 0 radical (unpaired) electrons. The molecule has 1 aromatic carbocycles. The lowest BCUT2D eigenvalue weighted by Crippen LogP contribution is -1.88. The van der Waals surface area contributed by atoms with Crippen LogP contribution in [-0.2, 0) is 19.3 Å². The molecule has 3 heteroatoms. The molecule has 0 atom stereocenters. The van der Waals surface area contributed by atoms with Crippen LogP contribution in [0, 0.1) is 0 Å². The lowest BCUT2D eigenvalue weighted by atomic mass is 10.0. The van der Waals surface area contributed by atoms with Crippen molar-refractivity contribution in [2.75, 3.05) is 5.73 Å². The lowest BCUT2D eigenvalue weighted by Gasteiger charge is -2.03. The molecule has 1 heterocycles. The first kappa shape index (κ1) is 10.4. The quantitative estimate of drug-likeness (QED) is 0.859. The topological polar surface area (TPSA) is 52.0 Å². The van der Waals surface area contributed by atoms with Crippen LogP contribution in [-0.4, -0.2) is 4.98 Å². The number of nitrogens with two attached hydrogens (primary N) is 1. The van der Waals surface area contributed by atoms with Crippen molar-refractivity contribution in [2.45, 2.75) is 32.6 Å². The number of nitrogen functional groups attached to an aromatic ring is 1. The Morgan fingerprint density at radius 1 is 1.29 bits per heavy atom. The largest absolute Gasteiger partial charge is 0.423 e. The first-order valence-corrected chi connectivity index (χ1v) is 6.15. The van der Waals surface area contributed by atoms with Gasteiger partial charge in [0.1, 0.15) is 0 Å². The number of aromatic nitrogens is 1. The van der Waals surface area contributed by atoms with Gasteiger partial charge in [0.15, 0.2) is 5.76 Å². The standard InChI is InChI=1S/C14H16N2O/c1-2-12-13(17-14(15)16-12)11-7-6-9-4-3-5-10(9)8-11/h6-8H,2-5H2,1H3,(H2,15,16). The first-order chi connectivity index (χ1) is 8.28. The van der Waals surface area contributed by atoms with Crippen LogP contribution in [0.15, 0.2) is 22.6 Å². The zero-order chi connectivity index (χ0) is 11.8. The van der Waals surface area contributed by atoms with Gasteiger partial charge in [-0.05, 0) is 42.9 Å². The van der Waals surface area contributed by atoms with E-state index in [-0.39, 0.29) is 6.01 Å². The number of nitrogens with zero attached hydrogens (tertiary/aromatic N) is 1. The van der Waals surface area contributed by atoms with E-state index in [9.17, 15) is 0 Å². The Morgan fingerprint density at radius 2 is 2.12 bits per heavy atom. The van der Waals surface area contributed by atoms with E-state index in [1.54, 1.807) is 0 Å². The molecular weight excluding hydrogens is 212 g/mol. The summed E-state index contributed by atoms with van der Waals surface area (Å²) in [4.78, 5) is 4.21. The second-order valence-corrected chi connectivity index (χ2v) is 4.52. The fourth-order valence-electron chi connectivity index (χ4n) is 2.55. The molecule has 1 aliphatic carbocycles. The van der Waals surface area contributed by atoms with Gasteiger partial charge in [0.2, 0.25) is 0 Å². The molecule has 2 aromatic rings. The van der Waals surface area contributed by atoms with Crippen LogP contribution in [0.4, 0.5) is 6.01 Å². The number of rotatable bonds is 2. The zero-order valence-electron chi connectivity index (χ0n) is 9.99. The van der Waals surface area contributed by atoms with E-state index in [2.05, 4.69) is 30.1 Å². The third kappa shape index (κ3) is 1.71. The molecule has 3 rings (SSSR count). The number of oxazole rings is 1. The normalized spacial score (nSPS) is 13.9. The molecule has 0 amide bonds. The van der Waals surface area contributed by atoms with E-state index in [1.165, 1.54) is 30.4 Å². The highest BCUT2D eigenvalue weighted by Crippen LogP contribution is 2.31. The monoisotopic (exact) mass is 228 g/mol. The molecule has 2 N–H and O–H groups in total. The molecular formula is C14H16N2O. The van der Waals surface area contributed by atoms with Crippen molar-refractivity contribution in [3.05, 3.63) is 35.0 Å². The maximum atomic E-state index is 5.63. The van der Waals surface area contributed by atoms with Crippen LogP contribution in [0.25, 0.3) is 11.3 Å². The van der Waals surface area contributed by atoms with E-state index in [0.29, 0.717) is 0 Å². The van der Waals surface area contributed by atoms with Gasteiger partial charge < -0.3 is 10.2 Å². The maximum Gasteiger partial charge on any atom is 0.292 e. The van der Waals surface area contributed by atoms with Gasteiger partial charge in [-0.3, -0.25) is 0 Å². The Labute approximate surface area is 101 Å². The van der Waals surface area contributed by atoms with Gasteiger partial charge in [-0.25, -0.2) is 0 Å². The summed E-state index contributed by atoms with van der Waals surface area (Å²) in [5.74, 6) is 0.833. The van der Waals surface area contributed by atoms with Crippen molar-refractivity contribution in [1.82, 2.24) is 4.98 Å². The molecule has 0 spiro atoms. The van der Waals surface area contributed by atoms with E-state index in [4.69, 9.17) is 10.2 Å². The van der Waals surface area contributed by atoms with Crippen molar-refractivity contribution in [1.29, 1.82) is 0 Å². The second kappa shape index (κ2) is 3.91. The summed E-state index contributed by atoms with van der Waals surface area (Å²) >= 11 is 0. The van der Waals surface area contributed by atoms with Crippen molar-refractivity contribution in [3.63, 3.8) is 0 Å². The van der Waals surface area contributed by atoms with Crippen molar-refractivity contribution in [3.8, 4) is 11.3 Å². The fourth-order valence-corrected chi connectivity index (χ4v) is 2.55. The number of aryl methyl sites for hydroxylation is 3. The first-order valence-electron chi connectivity index (χ1n) is 6.15. The van der Waals surface area contributed by atoms with Crippen molar-refractivity contribution in [2.24, 2.45) is 0 Å². The molecule has 3 nitrogen and oxygen atoms in total. The zero-order valence-corrected chi connectivity index (χ0v) is 9.99. The van der Waals surface area contributed by atoms with Gasteiger partial charge in [0.05, 0.1) is 5.69 Å². The molecule has 1 aromatic heterocycles. The molecule has 0 aliphatic heterocycles. The van der Waals surface area contributed by atoms with Gasteiger partial charge in [0, 0.05) is 5.56 Å². The highest BCUT2D eigenvalue weighted by Gasteiger charge is 2.16. The molecule has 0 fully saturated rings. The number of fused-ring (bicyclic) bond motifs is 1. The van der Waals surface area contributed by atoms with Gasteiger partial charge >= 0.3 is 0 Å². The predicted molar refractivity (Wildman–Crippen MR) is 67.8 cm³/mol. The maximum absolute atomic E-state index is 5.63. The summed E-state index contributed by atoms with van der Waals surface area (Å²) in [5.41, 5.74) is 10.6. The minimum Gasteiger partial charge on any atom is -0.423 e. The van der Waals surface area contributed by atoms with Gasteiger partial charge in [-0.15, -0.1) is 0 Å². The number of anilines is 1. The summed E-state index contributed by atoms with van der Waals surface area (Å²) in [7, 11) is 0. The van der Waals surface area contributed by atoms with Gasteiger partial charge in [-0.2, -0.15) is 4.98 Å². The van der Waals surface area contributed by atoms with Crippen molar-refractivity contribution < 1.29 is 4.42 Å². The minimum atomic E-state index is 0.261. The Hall–Kier alpha value is -1.77. The van der Waals surface area contributed by atoms with Crippen LogP contribution < -0.4 is 5.73 Å². The number of hydrogen-bond acceptors (Lipinski definition) is 3. The third-order valence-electron chi connectivity index (χ3n) is 3.41. The van der Waals surface area contributed by atoms with Crippen LogP contribution in [0.5, 0.6) is 0 Å². The average molecular weight is 228 g/mol. The number of benzene rings is 1.